The highest BCUT2D eigenvalue weighted by molar-refractivity contribution is 5.61. The Morgan fingerprint density at radius 1 is 0.875 bits per heavy atom. The molecule has 16 heavy (non-hydrogen) atoms. The van der Waals surface area contributed by atoms with Crippen molar-refractivity contribution in [3.05, 3.63) is 42.7 Å². The van der Waals surface area contributed by atoms with E-state index in [2.05, 4.69) is 0 Å². The number of hydrogen-bond acceptors (Lipinski definition) is 4. The summed E-state index contributed by atoms with van der Waals surface area (Å²) >= 11 is 0. The topological polar surface area (TPSA) is 86.3 Å². The molecule has 0 atom stereocenters. The Hall–Kier alpha value is -2.05. The first-order chi connectivity index (χ1) is 7.29. The van der Waals surface area contributed by atoms with E-state index in [0.29, 0.717) is 0 Å². The number of hydrogen-bond donors (Lipinski definition) is 0. The van der Waals surface area contributed by atoms with Crippen LogP contribution in [0, 0.1) is 46.8 Å². The molecule has 1 aromatic rings. The number of nitro groups is 2. The first kappa shape index (κ1) is 12.0. The van der Waals surface area contributed by atoms with Crippen molar-refractivity contribution in [1.82, 2.24) is 0 Å². The van der Waals surface area contributed by atoms with Gasteiger partial charge in [0.1, 0.15) is 5.56 Å². The van der Waals surface area contributed by atoms with Crippen LogP contribution >= 0.6 is 0 Å². The van der Waals surface area contributed by atoms with Gasteiger partial charge in [0, 0.05) is 11.1 Å². The second kappa shape index (κ2) is 3.84. The van der Waals surface area contributed by atoms with E-state index < -0.39 is 27.0 Å². The van der Waals surface area contributed by atoms with Gasteiger partial charge in [0.2, 0.25) is 5.82 Å². The SMILES string of the molecule is Cc1c(C)c([N+](=O)[O-])c(C)c([N+](=O)[O-])c1F. The van der Waals surface area contributed by atoms with Crippen LogP contribution in [0.4, 0.5) is 15.8 Å². The minimum atomic E-state index is -1.01. The summed E-state index contributed by atoms with van der Waals surface area (Å²) in [6.07, 6.45) is 0. The van der Waals surface area contributed by atoms with Crippen molar-refractivity contribution >= 4 is 11.4 Å². The number of nitrogens with zero attached hydrogens (tertiary/aromatic N) is 2. The number of benzene rings is 1. The number of rotatable bonds is 2. The summed E-state index contributed by atoms with van der Waals surface area (Å²) in [5, 5.41) is 21.4. The van der Waals surface area contributed by atoms with Gasteiger partial charge in [-0.05, 0) is 20.8 Å². The summed E-state index contributed by atoms with van der Waals surface area (Å²) in [5.41, 5.74) is -1.43. The highest BCUT2D eigenvalue weighted by Crippen LogP contribution is 2.36. The van der Waals surface area contributed by atoms with Gasteiger partial charge in [0.05, 0.1) is 9.85 Å². The molecule has 1 aromatic carbocycles. The van der Waals surface area contributed by atoms with Gasteiger partial charge in [-0.25, -0.2) is 0 Å². The maximum Gasteiger partial charge on any atom is 0.314 e. The Kier molecular flexibility index (Phi) is 2.88. The Labute approximate surface area is 90.0 Å². The zero-order valence-electron chi connectivity index (χ0n) is 8.91. The molecule has 0 bridgehead atoms. The third-order valence-electron chi connectivity index (χ3n) is 2.53. The van der Waals surface area contributed by atoms with Crippen LogP contribution in [-0.2, 0) is 0 Å². The van der Waals surface area contributed by atoms with Gasteiger partial charge in [0.25, 0.3) is 5.69 Å². The van der Waals surface area contributed by atoms with Crippen molar-refractivity contribution in [2.24, 2.45) is 0 Å². The normalized spacial score (nSPS) is 10.2. The highest BCUT2D eigenvalue weighted by atomic mass is 19.1. The van der Waals surface area contributed by atoms with Gasteiger partial charge in [-0.2, -0.15) is 4.39 Å². The lowest BCUT2D eigenvalue weighted by atomic mass is 10.0. The molecule has 7 heteroatoms. The van der Waals surface area contributed by atoms with E-state index in [9.17, 15) is 24.6 Å². The Morgan fingerprint density at radius 2 is 1.31 bits per heavy atom. The van der Waals surface area contributed by atoms with Gasteiger partial charge in [-0.3, -0.25) is 20.2 Å². The Morgan fingerprint density at radius 3 is 1.69 bits per heavy atom. The van der Waals surface area contributed by atoms with Gasteiger partial charge in [-0.1, -0.05) is 0 Å². The molecule has 0 fully saturated rings. The predicted octanol–water partition coefficient (Wildman–Crippen LogP) is 2.57. The van der Waals surface area contributed by atoms with Crippen molar-refractivity contribution in [3.8, 4) is 0 Å². The summed E-state index contributed by atoms with van der Waals surface area (Å²) in [6.45, 7) is 3.82. The van der Waals surface area contributed by atoms with Gasteiger partial charge in [-0.15, -0.1) is 0 Å². The third kappa shape index (κ3) is 1.60. The van der Waals surface area contributed by atoms with E-state index in [1.54, 1.807) is 0 Å². The standard InChI is InChI=1S/C9H9FN2O4/c1-4-5(2)8(11(13)14)6(3)9(7(4)10)12(15)16/h1-3H3. The van der Waals surface area contributed by atoms with Crippen LogP contribution in [-0.4, -0.2) is 9.85 Å². The highest BCUT2D eigenvalue weighted by Gasteiger charge is 2.31. The average Bonchev–Trinajstić information content (AvgIpc) is 2.13. The first-order valence-electron chi connectivity index (χ1n) is 4.37. The molecular weight excluding hydrogens is 219 g/mol. The van der Waals surface area contributed by atoms with Crippen molar-refractivity contribution in [2.45, 2.75) is 20.8 Å². The molecule has 0 radical (unpaired) electrons. The lowest BCUT2D eigenvalue weighted by Crippen LogP contribution is -2.05. The van der Waals surface area contributed by atoms with Gasteiger partial charge in [0.15, 0.2) is 0 Å². The Bertz CT molecular complexity index is 458. The molecule has 0 saturated heterocycles. The molecule has 0 aliphatic heterocycles. The van der Waals surface area contributed by atoms with Crippen molar-refractivity contribution < 1.29 is 14.2 Å². The number of nitro benzene ring substituents is 2. The van der Waals surface area contributed by atoms with E-state index in [4.69, 9.17) is 0 Å². The largest absolute Gasteiger partial charge is 0.314 e. The molecular formula is C9H9FN2O4. The van der Waals surface area contributed by atoms with E-state index in [-0.39, 0.29) is 16.7 Å². The zero-order valence-corrected chi connectivity index (χ0v) is 8.91. The van der Waals surface area contributed by atoms with E-state index >= 15 is 0 Å². The van der Waals surface area contributed by atoms with Crippen LogP contribution in [0.5, 0.6) is 0 Å². The monoisotopic (exact) mass is 228 g/mol. The molecule has 0 unspecified atom stereocenters. The van der Waals surface area contributed by atoms with E-state index in [0.717, 1.165) is 0 Å². The molecule has 0 aliphatic carbocycles. The molecule has 0 aliphatic rings. The fourth-order valence-electron chi connectivity index (χ4n) is 1.57. The fraction of sp³-hybridized carbons (Fsp3) is 0.333. The van der Waals surface area contributed by atoms with Crippen LogP contribution in [0.15, 0.2) is 0 Å². The molecule has 6 nitrogen and oxygen atoms in total. The van der Waals surface area contributed by atoms with Crippen molar-refractivity contribution in [2.75, 3.05) is 0 Å². The smallest absolute Gasteiger partial charge is 0.258 e. The molecule has 0 heterocycles. The predicted molar refractivity (Wildman–Crippen MR) is 53.9 cm³/mol. The van der Waals surface area contributed by atoms with Crippen LogP contribution in [0.2, 0.25) is 0 Å². The molecule has 86 valence electrons. The van der Waals surface area contributed by atoms with Gasteiger partial charge >= 0.3 is 5.69 Å². The van der Waals surface area contributed by atoms with Gasteiger partial charge < -0.3 is 0 Å². The fourth-order valence-corrected chi connectivity index (χ4v) is 1.57. The van der Waals surface area contributed by atoms with Crippen molar-refractivity contribution in [3.63, 3.8) is 0 Å². The Balaban J connectivity index is 3.80. The molecule has 0 N–H and O–H groups in total. The van der Waals surface area contributed by atoms with Crippen LogP contribution in [0.25, 0.3) is 0 Å². The van der Waals surface area contributed by atoms with Crippen LogP contribution in [0.1, 0.15) is 16.7 Å². The summed E-state index contributed by atoms with van der Waals surface area (Å²) in [7, 11) is 0. The first-order valence-corrected chi connectivity index (χ1v) is 4.37. The molecule has 1 rings (SSSR count). The molecule has 0 saturated carbocycles. The summed E-state index contributed by atoms with van der Waals surface area (Å²) < 4.78 is 13.6. The van der Waals surface area contributed by atoms with Crippen LogP contribution in [0.3, 0.4) is 0 Å². The van der Waals surface area contributed by atoms with E-state index in [1.807, 2.05) is 0 Å². The van der Waals surface area contributed by atoms with E-state index in [1.165, 1.54) is 20.8 Å². The summed E-state index contributed by atoms with van der Waals surface area (Å²) in [4.78, 5) is 19.7. The third-order valence-corrected chi connectivity index (χ3v) is 2.53. The lowest BCUT2D eigenvalue weighted by molar-refractivity contribution is -0.397. The quantitative estimate of drug-likeness (QED) is 0.574. The molecule has 0 amide bonds. The minimum absolute atomic E-state index is 0.0657. The molecule has 0 spiro atoms. The zero-order chi connectivity index (χ0) is 12.6. The lowest BCUT2D eigenvalue weighted by Gasteiger charge is -2.07. The maximum absolute atomic E-state index is 13.6. The minimum Gasteiger partial charge on any atom is -0.258 e. The second-order valence-corrected chi connectivity index (χ2v) is 3.40. The van der Waals surface area contributed by atoms with Crippen molar-refractivity contribution in [1.29, 1.82) is 0 Å². The number of halogens is 1. The maximum atomic E-state index is 13.6. The summed E-state index contributed by atoms with van der Waals surface area (Å²) in [6, 6.07) is 0. The average molecular weight is 228 g/mol. The van der Waals surface area contributed by atoms with Crippen LogP contribution < -0.4 is 0 Å². The molecule has 0 aromatic heterocycles. The second-order valence-electron chi connectivity index (χ2n) is 3.40. The summed E-state index contributed by atoms with van der Waals surface area (Å²) in [5.74, 6) is -1.01.